The Kier molecular flexibility index (Phi) is 4.02. The van der Waals surface area contributed by atoms with E-state index >= 15 is 0 Å². The van der Waals surface area contributed by atoms with Gasteiger partial charge in [0.1, 0.15) is 6.04 Å². The molecule has 2 aliphatic rings. The Morgan fingerprint density at radius 2 is 1.89 bits per heavy atom. The van der Waals surface area contributed by atoms with Gasteiger partial charge in [-0.05, 0) is 38.5 Å². The molecular formula is C14H24N2O3. The summed E-state index contributed by atoms with van der Waals surface area (Å²) in [7, 11) is 0. The summed E-state index contributed by atoms with van der Waals surface area (Å²) in [5.41, 5.74) is 0. The van der Waals surface area contributed by atoms with Gasteiger partial charge in [-0.25, -0.2) is 9.59 Å². The number of carbonyl (C=O) groups is 2. The fraction of sp³-hybridized carbons (Fsp3) is 0.857. The maximum Gasteiger partial charge on any atom is 0.326 e. The molecule has 0 spiro atoms. The molecule has 4 unspecified atom stereocenters. The second-order valence-electron chi connectivity index (χ2n) is 5.92. The summed E-state index contributed by atoms with van der Waals surface area (Å²) >= 11 is 0. The first-order chi connectivity index (χ1) is 8.97. The van der Waals surface area contributed by atoms with E-state index in [1.54, 1.807) is 4.90 Å². The quantitative estimate of drug-likeness (QED) is 0.835. The van der Waals surface area contributed by atoms with E-state index < -0.39 is 12.0 Å². The Balaban J connectivity index is 2.16. The topological polar surface area (TPSA) is 60.9 Å². The molecule has 19 heavy (non-hydrogen) atoms. The summed E-state index contributed by atoms with van der Waals surface area (Å²) in [6.07, 6.45) is 3.77. The predicted octanol–water partition coefficient (Wildman–Crippen LogP) is 2.16. The summed E-state index contributed by atoms with van der Waals surface area (Å²) in [5.74, 6) is -0.835. The van der Waals surface area contributed by atoms with E-state index in [1.807, 2.05) is 11.8 Å². The van der Waals surface area contributed by atoms with Crippen molar-refractivity contribution < 1.29 is 14.7 Å². The summed E-state index contributed by atoms with van der Waals surface area (Å²) in [6.45, 7) is 6.63. The van der Waals surface area contributed by atoms with Crippen LogP contribution in [-0.2, 0) is 4.79 Å². The van der Waals surface area contributed by atoms with Gasteiger partial charge in [0.25, 0.3) is 0 Å². The van der Waals surface area contributed by atoms with Crippen LogP contribution in [0.4, 0.5) is 4.79 Å². The number of carboxylic acid groups (broad SMARTS) is 1. The molecule has 0 aliphatic carbocycles. The molecule has 0 aromatic carbocycles. The molecule has 1 N–H and O–H groups in total. The number of likely N-dealkylation sites (tertiary alicyclic amines) is 2. The van der Waals surface area contributed by atoms with Crippen molar-refractivity contribution in [2.45, 2.75) is 64.6 Å². The Labute approximate surface area is 114 Å². The van der Waals surface area contributed by atoms with Gasteiger partial charge >= 0.3 is 12.0 Å². The lowest BCUT2D eigenvalue weighted by Gasteiger charge is -2.34. The Hall–Kier alpha value is -1.26. The molecule has 2 amide bonds. The van der Waals surface area contributed by atoms with E-state index in [2.05, 4.69) is 13.8 Å². The first-order valence-corrected chi connectivity index (χ1v) is 7.29. The maximum atomic E-state index is 12.7. The Morgan fingerprint density at radius 3 is 2.47 bits per heavy atom. The van der Waals surface area contributed by atoms with Crippen LogP contribution in [0.25, 0.3) is 0 Å². The number of carboxylic acids is 1. The monoisotopic (exact) mass is 268 g/mol. The normalized spacial score (nSPS) is 34.9. The minimum absolute atomic E-state index is 0.0411. The van der Waals surface area contributed by atoms with Crippen molar-refractivity contribution >= 4 is 12.0 Å². The van der Waals surface area contributed by atoms with E-state index in [0.717, 1.165) is 25.7 Å². The van der Waals surface area contributed by atoms with Gasteiger partial charge in [0.05, 0.1) is 0 Å². The zero-order chi connectivity index (χ0) is 14.2. The standard InChI is InChI=1S/C14H24N2O3/c1-4-11-6-5-10(3)16(11)14(19)15-8-7-9(2)12(15)13(17)18/h9-12H,4-8H2,1-3H3,(H,17,18). The van der Waals surface area contributed by atoms with Crippen LogP contribution in [0.3, 0.4) is 0 Å². The highest BCUT2D eigenvalue weighted by molar-refractivity contribution is 5.84. The molecule has 4 atom stereocenters. The van der Waals surface area contributed by atoms with Crippen molar-refractivity contribution in [3.8, 4) is 0 Å². The van der Waals surface area contributed by atoms with Crippen molar-refractivity contribution in [1.29, 1.82) is 0 Å². The number of carbonyl (C=O) groups excluding carboxylic acids is 1. The third-order valence-corrected chi connectivity index (χ3v) is 4.68. The van der Waals surface area contributed by atoms with Gasteiger partial charge in [-0.3, -0.25) is 0 Å². The molecule has 0 radical (unpaired) electrons. The summed E-state index contributed by atoms with van der Waals surface area (Å²) in [4.78, 5) is 27.5. The van der Waals surface area contributed by atoms with E-state index in [-0.39, 0.29) is 24.0 Å². The van der Waals surface area contributed by atoms with Gasteiger partial charge in [-0.1, -0.05) is 13.8 Å². The minimum Gasteiger partial charge on any atom is -0.480 e. The van der Waals surface area contributed by atoms with Crippen molar-refractivity contribution in [3.05, 3.63) is 0 Å². The number of amides is 2. The van der Waals surface area contributed by atoms with Crippen LogP contribution in [0.15, 0.2) is 0 Å². The third kappa shape index (κ3) is 2.42. The predicted molar refractivity (Wildman–Crippen MR) is 71.9 cm³/mol. The molecule has 5 heteroatoms. The molecule has 0 aromatic rings. The van der Waals surface area contributed by atoms with Gasteiger partial charge in [-0.2, -0.15) is 0 Å². The smallest absolute Gasteiger partial charge is 0.326 e. The summed E-state index contributed by atoms with van der Waals surface area (Å²) in [6, 6.07) is -0.234. The van der Waals surface area contributed by atoms with Crippen LogP contribution in [0.1, 0.15) is 46.5 Å². The van der Waals surface area contributed by atoms with Gasteiger partial charge in [0.15, 0.2) is 0 Å². The molecule has 0 aromatic heterocycles. The van der Waals surface area contributed by atoms with Crippen LogP contribution in [0.5, 0.6) is 0 Å². The van der Waals surface area contributed by atoms with Crippen molar-refractivity contribution in [1.82, 2.24) is 9.80 Å². The molecular weight excluding hydrogens is 244 g/mol. The second kappa shape index (κ2) is 5.39. The van der Waals surface area contributed by atoms with Crippen molar-refractivity contribution in [2.24, 2.45) is 5.92 Å². The first kappa shape index (κ1) is 14.2. The zero-order valence-corrected chi connectivity index (χ0v) is 12.0. The number of rotatable bonds is 2. The van der Waals surface area contributed by atoms with Gasteiger partial charge in [0, 0.05) is 18.6 Å². The van der Waals surface area contributed by atoms with Crippen molar-refractivity contribution in [2.75, 3.05) is 6.54 Å². The highest BCUT2D eigenvalue weighted by Gasteiger charge is 2.44. The van der Waals surface area contributed by atoms with Crippen LogP contribution in [0, 0.1) is 5.92 Å². The first-order valence-electron chi connectivity index (χ1n) is 7.29. The fourth-order valence-electron chi connectivity index (χ4n) is 3.50. The van der Waals surface area contributed by atoms with Gasteiger partial charge in [0.2, 0.25) is 0 Å². The van der Waals surface area contributed by atoms with Crippen LogP contribution in [-0.4, -0.2) is 51.6 Å². The minimum atomic E-state index is -0.877. The van der Waals surface area contributed by atoms with E-state index in [9.17, 15) is 14.7 Å². The summed E-state index contributed by atoms with van der Waals surface area (Å²) < 4.78 is 0. The molecule has 2 saturated heterocycles. The highest BCUT2D eigenvalue weighted by atomic mass is 16.4. The lowest BCUT2D eigenvalue weighted by molar-refractivity contribution is -0.142. The third-order valence-electron chi connectivity index (χ3n) is 4.68. The highest BCUT2D eigenvalue weighted by Crippen LogP contribution is 2.31. The second-order valence-corrected chi connectivity index (χ2v) is 5.92. The molecule has 5 nitrogen and oxygen atoms in total. The molecule has 0 saturated carbocycles. The Morgan fingerprint density at radius 1 is 1.21 bits per heavy atom. The maximum absolute atomic E-state index is 12.7. The molecule has 0 bridgehead atoms. The Bertz CT molecular complexity index is 372. The lowest BCUT2D eigenvalue weighted by atomic mass is 10.0. The average molecular weight is 268 g/mol. The van der Waals surface area contributed by atoms with Crippen LogP contribution >= 0.6 is 0 Å². The van der Waals surface area contributed by atoms with Crippen LogP contribution in [0.2, 0.25) is 0 Å². The zero-order valence-electron chi connectivity index (χ0n) is 12.0. The van der Waals surface area contributed by atoms with Crippen molar-refractivity contribution in [3.63, 3.8) is 0 Å². The van der Waals surface area contributed by atoms with Gasteiger partial charge < -0.3 is 14.9 Å². The molecule has 2 fully saturated rings. The molecule has 2 rings (SSSR count). The SMILES string of the molecule is CCC1CCC(C)N1C(=O)N1CCC(C)C1C(=O)O. The number of hydrogen-bond donors (Lipinski definition) is 1. The largest absolute Gasteiger partial charge is 0.480 e. The number of urea groups is 1. The lowest BCUT2D eigenvalue weighted by Crippen LogP contribution is -2.52. The molecule has 108 valence electrons. The number of hydrogen-bond acceptors (Lipinski definition) is 2. The number of aliphatic carboxylic acids is 1. The van der Waals surface area contributed by atoms with E-state index in [1.165, 1.54) is 0 Å². The van der Waals surface area contributed by atoms with E-state index in [4.69, 9.17) is 0 Å². The van der Waals surface area contributed by atoms with Crippen LogP contribution < -0.4 is 0 Å². The molecule has 2 heterocycles. The molecule has 2 aliphatic heterocycles. The summed E-state index contributed by atoms with van der Waals surface area (Å²) in [5, 5.41) is 9.32. The number of nitrogens with zero attached hydrogens (tertiary/aromatic N) is 2. The fourth-order valence-corrected chi connectivity index (χ4v) is 3.50. The average Bonchev–Trinajstić information content (AvgIpc) is 2.91. The van der Waals surface area contributed by atoms with Gasteiger partial charge in [-0.15, -0.1) is 0 Å². The van der Waals surface area contributed by atoms with E-state index in [0.29, 0.717) is 6.54 Å².